The fourth-order valence-corrected chi connectivity index (χ4v) is 4.34. The number of aromatic nitrogens is 3. The molecular weight excluding hydrogens is 439 g/mol. The van der Waals surface area contributed by atoms with Crippen molar-refractivity contribution in [2.75, 3.05) is 24.2 Å². The fraction of sp³-hybridized carbons (Fsp3) is 0.318. The van der Waals surface area contributed by atoms with Gasteiger partial charge in [-0.15, -0.1) is 10.2 Å². The third-order valence-corrected chi connectivity index (χ3v) is 6.01. The number of alkyl halides is 3. The summed E-state index contributed by atoms with van der Waals surface area (Å²) in [5, 5.41) is 11.7. The number of likely N-dealkylation sites (tertiary alicyclic amines) is 1. The monoisotopic (exact) mass is 461 g/mol. The van der Waals surface area contributed by atoms with Crippen LogP contribution in [0.5, 0.6) is 0 Å². The molecule has 1 fully saturated rings. The molecule has 0 bridgehead atoms. The summed E-state index contributed by atoms with van der Waals surface area (Å²) >= 11 is 1.19. The molecule has 2 heterocycles. The summed E-state index contributed by atoms with van der Waals surface area (Å²) in [4.78, 5) is 14.7. The van der Waals surface area contributed by atoms with Gasteiger partial charge in [-0.05, 0) is 56.3 Å². The number of carbonyl (C=O) groups is 1. The number of amides is 1. The maximum absolute atomic E-state index is 12.9. The molecule has 1 amide bonds. The first kappa shape index (κ1) is 22.3. The first-order valence-corrected chi connectivity index (χ1v) is 11.2. The zero-order chi connectivity index (χ0) is 22.6. The first-order valence-electron chi connectivity index (χ1n) is 10.2. The summed E-state index contributed by atoms with van der Waals surface area (Å²) in [5.41, 5.74) is 0.190. The maximum Gasteiger partial charge on any atom is 0.416 e. The van der Waals surface area contributed by atoms with Crippen LogP contribution in [0.1, 0.15) is 24.2 Å². The SMILES string of the molecule is O=C(CSc1nnc(CN2CCCC2)n1-c1ccccc1)Nc1cccc(C(F)(F)F)c1. The predicted octanol–water partition coefficient (Wildman–Crippen LogP) is 4.61. The smallest absolute Gasteiger partial charge is 0.325 e. The molecule has 32 heavy (non-hydrogen) atoms. The molecule has 6 nitrogen and oxygen atoms in total. The van der Waals surface area contributed by atoms with Gasteiger partial charge < -0.3 is 5.32 Å². The normalized spacial score (nSPS) is 14.6. The number of benzene rings is 2. The van der Waals surface area contributed by atoms with Crippen LogP contribution in [-0.4, -0.2) is 44.4 Å². The van der Waals surface area contributed by atoms with Crippen LogP contribution in [0.2, 0.25) is 0 Å². The summed E-state index contributed by atoms with van der Waals surface area (Å²) in [6.45, 7) is 2.70. The molecule has 10 heteroatoms. The third kappa shape index (κ3) is 5.49. The standard InChI is InChI=1S/C22H22F3N5OS/c23-22(24,25)16-7-6-8-17(13-16)26-20(31)15-32-21-28-27-19(14-29-11-4-5-12-29)30(21)18-9-2-1-3-10-18/h1-3,6-10,13H,4-5,11-12,14-15H2,(H,26,31). The van der Waals surface area contributed by atoms with Crippen LogP contribution in [0.4, 0.5) is 18.9 Å². The van der Waals surface area contributed by atoms with E-state index in [9.17, 15) is 18.0 Å². The summed E-state index contributed by atoms with van der Waals surface area (Å²) in [6.07, 6.45) is -2.14. The van der Waals surface area contributed by atoms with E-state index >= 15 is 0 Å². The third-order valence-electron chi connectivity index (χ3n) is 5.08. The Hall–Kier alpha value is -2.85. The first-order chi connectivity index (χ1) is 15.4. The highest BCUT2D eigenvalue weighted by Gasteiger charge is 2.30. The van der Waals surface area contributed by atoms with E-state index < -0.39 is 17.6 Å². The van der Waals surface area contributed by atoms with Crippen LogP contribution >= 0.6 is 11.8 Å². The van der Waals surface area contributed by atoms with Crippen molar-refractivity contribution in [2.24, 2.45) is 0 Å². The van der Waals surface area contributed by atoms with Gasteiger partial charge in [0.15, 0.2) is 11.0 Å². The van der Waals surface area contributed by atoms with Crippen molar-refractivity contribution in [3.05, 3.63) is 66.0 Å². The summed E-state index contributed by atoms with van der Waals surface area (Å²) in [6, 6.07) is 14.2. The van der Waals surface area contributed by atoms with E-state index in [1.807, 2.05) is 34.9 Å². The summed E-state index contributed by atoms with van der Waals surface area (Å²) in [7, 11) is 0. The number of hydrogen-bond donors (Lipinski definition) is 1. The maximum atomic E-state index is 12.9. The lowest BCUT2D eigenvalue weighted by molar-refractivity contribution is -0.137. The lowest BCUT2D eigenvalue weighted by Gasteiger charge is -2.16. The van der Waals surface area contributed by atoms with Crippen LogP contribution in [0, 0.1) is 0 Å². The Labute approximate surface area is 187 Å². The average Bonchev–Trinajstić information content (AvgIpc) is 3.43. The Morgan fingerprint density at radius 3 is 2.50 bits per heavy atom. The highest BCUT2D eigenvalue weighted by Crippen LogP contribution is 2.31. The second-order valence-electron chi connectivity index (χ2n) is 7.47. The largest absolute Gasteiger partial charge is 0.416 e. The van der Waals surface area contributed by atoms with Crippen molar-refractivity contribution in [3.8, 4) is 5.69 Å². The Morgan fingerprint density at radius 2 is 1.78 bits per heavy atom. The number of nitrogens with one attached hydrogen (secondary N) is 1. The minimum atomic E-state index is -4.46. The molecule has 0 radical (unpaired) electrons. The Balaban J connectivity index is 1.47. The number of carbonyl (C=O) groups excluding carboxylic acids is 1. The van der Waals surface area contributed by atoms with Gasteiger partial charge in [-0.3, -0.25) is 14.3 Å². The van der Waals surface area contributed by atoms with Crippen molar-refractivity contribution >= 4 is 23.4 Å². The zero-order valence-corrected chi connectivity index (χ0v) is 18.0. The molecule has 0 unspecified atom stereocenters. The molecule has 4 rings (SSSR count). The number of anilines is 1. The van der Waals surface area contributed by atoms with Gasteiger partial charge in [0.05, 0.1) is 17.9 Å². The van der Waals surface area contributed by atoms with E-state index in [-0.39, 0.29) is 11.4 Å². The predicted molar refractivity (Wildman–Crippen MR) is 117 cm³/mol. The Morgan fingerprint density at radius 1 is 1.03 bits per heavy atom. The van der Waals surface area contributed by atoms with Gasteiger partial charge in [0.25, 0.3) is 0 Å². The molecule has 0 saturated carbocycles. The molecule has 0 spiro atoms. The second-order valence-corrected chi connectivity index (χ2v) is 8.41. The Kier molecular flexibility index (Phi) is 6.80. The molecule has 168 valence electrons. The van der Waals surface area contributed by atoms with Gasteiger partial charge in [-0.1, -0.05) is 36.0 Å². The molecule has 0 atom stereocenters. The molecule has 3 aromatic rings. The van der Waals surface area contributed by atoms with Crippen molar-refractivity contribution in [2.45, 2.75) is 30.7 Å². The van der Waals surface area contributed by atoms with Gasteiger partial charge in [-0.25, -0.2) is 0 Å². The molecule has 1 N–H and O–H groups in total. The van der Waals surface area contributed by atoms with Crippen molar-refractivity contribution < 1.29 is 18.0 Å². The van der Waals surface area contributed by atoms with E-state index in [1.54, 1.807) is 0 Å². The number of hydrogen-bond acceptors (Lipinski definition) is 5. The summed E-state index contributed by atoms with van der Waals surface area (Å²) in [5.74, 6) is 0.363. The highest BCUT2D eigenvalue weighted by atomic mass is 32.2. The number of nitrogens with zero attached hydrogens (tertiary/aromatic N) is 4. The van der Waals surface area contributed by atoms with Crippen LogP contribution in [0.25, 0.3) is 5.69 Å². The molecule has 1 aliphatic heterocycles. The minimum absolute atomic E-state index is 0.00900. The molecule has 1 aromatic heterocycles. The van der Waals surface area contributed by atoms with Crippen molar-refractivity contribution in [1.29, 1.82) is 0 Å². The lowest BCUT2D eigenvalue weighted by atomic mass is 10.2. The Bertz CT molecular complexity index is 1060. The van der Waals surface area contributed by atoms with E-state index in [0.717, 1.165) is 49.6 Å². The topological polar surface area (TPSA) is 63.1 Å². The molecular formula is C22H22F3N5OS. The van der Waals surface area contributed by atoms with Crippen LogP contribution < -0.4 is 5.32 Å². The molecule has 1 saturated heterocycles. The van der Waals surface area contributed by atoms with Crippen LogP contribution in [0.15, 0.2) is 59.8 Å². The summed E-state index contributed by atoms with van der Waals surface area (Å²) < 4.78 is 40.6. The molecule has 1 aliphatic rings. The quantitative estimate of drug-likeness (QED) is 0.521. The van der Waals surface area contributed by atoms with Crippen molar-refractivity contribution in [1.82, 2.24) is 19.7 Å². The van der Waals surface area contributed by atoms with E-state index in [2.05, 4.69) is 20.4 Å². The van der Waals surface area contributed by atoms with Gasteiger partial charge >= 0.3 is 6.18 Å². The second kappa shape index (κ2) is 9.74. The van der Waals surface area contributed by atoms with Gasteiger partial charge in [0, 0.05) is 11.4 Å². The van der Waals surface area contributed by atoms with Gasteiger partial charge in [0.1, 0.15) is 0 Å². The number of halogens is 3. The van der Waals surface area contributed by atoms with E-state index in [0.29, 0.717) is 11.7 Å². The lowest BCUT2D eigenvalue weighted by Crippen LogP contribution is -2.21. The zero-order valence-electron chi connectivity index (χ0n) is 17.2. The minimum Gasteiger partial charge on any atom is -0.325 e. The average molecular weight is 462 g/mol. The van der Waals surface area contributed by atoms with Crippen LogP contribution in [0.3, 0.4) is 0 Å². The molecule has 2 aromatic carbocycles. The van der Waals surface area contributed by atoms with Crippen molar-refractivity contribution in [3.63, 3.8) is 0 Å². The fourth-order valence-electron chi connectivity index (χ4n) is 3.57. The highest BCUT2D eigenvalue weighted by molar-refractivity contribution is 7.99. The van der Waals surface area contributed by atoms with E-state index in [1.165, 1.54) is 23.9 Å². The number of thioether (sulfide) groups is 1. The van der Waals surface area contributed by atoms with Gasteiger partial charge in [-0.2, -0.15) is 13.2 Å². The number of para-hydroxylation sites is 1. The number of rotatable bonds is 7. The molecule has 0 aliphatic carbocycles. The van der Waals surface area contributed by atoms with Crippen LogP contribution in [-0.2, 0) is 17.5 Å². The van der Waals surface area contributed by atoms with E-state index in [4.69, 9.17) is 0 Å². The van der Waals surface area contributed by atoms with Gasteiger partial charge in [0.2, 0.25) is 5.91 Å².